The summed E-state index contributed by atoms with van der Waals surface area (Å²) in [5.74, 6) is 2.60. The fraction of sp³-hybridized carbons (Fsp3) is 0.211. The summed E-state index contributed by atoms with van der Waals surface area (Å²) < 4.78 is 5.25. The molecule has 0 radical (unpaired) electrons. The summed E-state index contributed by atoms with van der Waals surface area (Å²) in [6, 6.07) is 17.1. The maximum Gasteiger partial charge on any atom is 0.408 e. The molecule has 0 heterocycles. The summed E-state index contributed by atoms with van der Waals surface area (Å²) in [6.07, 6.45) is 4.95. The molecule has 22 heavy (non-hydrogen) atoms. The molecule has 1 amide bonds. The van der Waals surface area contributed by atoms with Gasteiger partial charge in [0, 0.05) is 5.56 Å². The number of carbonyl (C=O) groups excluding carboxylic acids is 1. The Hall–Kier alpha value is -2.73. The first-order chi connectivity index (χ1) is 10.5. The highest BCUT2D eigenvalue weighted by molar-refractivity contribution is 5.68. The van der Waals surface area contributed by atoms with E-state index in [0.717, 1.165) is 16.7 Å². The smallest absolute Gasteiger partial charge is 0.408 e. The zero-order valence-electron chi connectivity index (χ0n) is 12.8. The molecule has 0 fully saturated rings. The zero-order chi connectivity index (χ0) is 16.0. The number of terminal acetylenes is 1. The van der Waals surface area contributed by atoms with Crippen LogP contribution in [0.2, 0.25) is 0 Å². The third-order valence-electron chi connectivity index (χ3n) is 3.38. The third-order valence-corrected chi connectivity index (χ3v) is 3.38. The van der Waals surface area contributed by atoms with Gasteiger partial charge in [-0.25, -0.2) is 4.79 Å². The number of benzene rings is 2. The van der Waals surface area contributed by atoms with E-state index in [1.807, 2.05) is 68.4 Å². The van der Waals surface area contributed by atoms with Crippen LogP contribution < -0.4 is 5.32 Å². The van der Waals surface area contributed by atoms with E-state index in [-0.39, 0.29) is 6.61 Å². The Labute approximate surface area is 131 Å². The second-order valence-electron chi connectivity index (χ2n) is 5.54. The van der Waals surface area contributed by atoms with Crippen LogP contribution in [0.15, 0.2) is 54.6 Å². The highest BCUT2D eigenvalue weighted by Crippen LogP contribution is 2.21. The van der Waals surface area contributed by atoms with Crippen LogP contribution in [0, 0.1) is 12.3 Å². The van der Waals surface area contributed by atoms with E-state index in [2.05, 4.69) is 11.2 Å². The third kappa shape index (κ3) is 4.13. The van der Waals surface area contributed by atoms with Crippen molar-refractivity contribution in [3.63, 3.8) is 0 Å². The standard InChI is InChI=1S/C19H19NO2/c1-4-15-11-8-12-17(13-15)19(2,3)20-18(21)22-14-16-9-6-5-7-10-16/h1,5-13H,14H2,2-3H3,(H,20,21). The minimum absolute atomic E-state index is 0.243. The monoisotopic (exact) mass is 293 g/mol. The molecule has 2 rings (SSSR count). The molecule has 0 saturated heterocycles. The van der Waals surface area contributed by atoms with Crippen molar-refractivity contribution in [2.45, 2.75) is 26.0 Å². The predicted molar refractivity (Wildman–Crippen MR) is 87.2 cm³/mol. The molecule has 112 valence electrons. The molecular formula is C19H19NO2. The number of amides is 1. The Morgan fingerprint density at radius 2 is 1.91 bits per heavy atom. The van der Waals surface area contributed by atoms with Gasteiger partial charge in [0.05, 0.1) is 5.54 Å². The quantitative estimate of drug-likeness (QED) is 0.870. The Bertz CT molecular complexity index is 684. The number of nitrogens with one attached hydrogen (secondary N) is 1. The van der Waals surface area contributed by atoms with Gasteiger partial charge < -0.3 is 10.1 Å². The Morgan fingerprint density at radius 1 is 1.18 bits per heavy atom. The van der Waals surface area contributed by atoms with Crippen LogP contribution in [0.3, 0.4) is 0 Å². The van der Waals surface area contributed by atoms with Crippen molar-refractivity contribution < 1.29 is 9.53 Å². The lowest BCUT2D eigenvalue weighted by atomic mass is 9.93. The summed E-state index contributed by atoms with van der Waals surface area (Å²) in [6.45, 7) is 4.06. The summed E-state index contributed by atoms with van der Waals surface area (Å²) in [4.78, 5) is 12.0. The van der Waals surface area contributed by atoms with Gasteiger partial charge in [0.15, 0.2) is 0 Å². The molecule has 3 nitrogen and oxygen atoms in total. The van der Waals surface area contributed by atoms with E-state index in [0.29, 0.717) is 0 Å². The van der Waals surface area contributed by atoms with E-state index in [9.17, 15) is 4.79 Å². The topological polar surface area (TPSA) is 38.3 Å². The number of hydrogen-bond acceptors (Lipinski definition) is 2. The second kappa shape index (κ2) is 6.82. The first kappa shape index (κ1) is 15.7. The van der Waals surface area contributed by atoms with Crippen LogP contribution in [0.5, 0.6) is 0 Å². The Kier molecular flexibility index (Phi) is 4.85. The van der Waals surface area contributed by atoms with Crippen molar-refractivity contribution in [3.05, 3.63) is 71.3 Å². The van der Waals surface area contributed by atoms with E-state index in [1.54, 1.807) is 0 Å². The van der Waals surface area contributed by atoms with Crippen LogP contribution in [-0.4, -0.2) is 6.09 Å². The van der Waals surface area contributed by atoms with Gasteiger partial charge in [-0.3, -0.25) is 0 Å². The van der Waals surface area contributed by atoms with Gasteiger partial charge in [-0.2, -0.15) is 0 Å². The SMILES string of the molecule is C#Cc1cccc(C(C)(C)NC(=O)OCc2ccccc2)c1. The van der Waals surface area contributed by atoms with E-state index in [4.69, 9.17) is 11.2 Å². The molecule has 0 aliphatic rings. The van der Waals surface area contributed by atoms with Gasteiger partial charge in [0.1, 0.15) is 6.61 Å². The number of rotatable bonds is 4. The number of hydrogen-bond donors (Lipinski definition) is 1. The summed E-state index contributed by atoms with van der Waals surface area (Å²) >= 11 is 0. The van der Waals surface area contributed by atoms with Gasteiger partial charge >= 0.3 is 6.09 Å². The molecule has 3 heteroatoms. The molecule has 0 unspecified atom stereocenters. The van der Waals surface area contributed by atoms with Crippen molar-refractivity contribution in [2.24, 2.45) is 0 Å². The summed E-state index contributed by atoms with van der Waals surface area (Å²) in [7, 11) is 0. The Morgan fingerprint density at radius 3 is 2.59 bits per heavy atom. The van der Waals surface area contributed by atoms with Crippen LogP contribution in [0.1, 0.15) is 30.5 Å². The number of alkyl carbamates (subject to hydrolysis) is 1. The molecule has 0 aliphatic carbocycles. The molecule has 2 aromatic rings. The summed E-state index contributed by atoms with van der Waals surface area (Å²) in [5.41, 5.74) is 2.09. The van der Waals surface area contributed by atoms with E-state index < -0.39 is 11.6 Å². The maximum atomic E-state index is 12.0. The van der Waals surface area contributed by atoms with E-state index >= 15 is 0 Å². The minimum Gasteiger partial charge on any atom is -0.445 e. The predicted octanol–water partition coefficient (Wildman–Crippen LogP) is 3.83. The first-order valence-corrected chi connectivity index (χ1v) is 7.07. The van der Waals surface area contributed by atoms with Crippen LogP contribution >= 0.6 is 0 Å². The fourth-order valence-electron chi connectivity index (χ4n) is 2.08. The van der Waals surface area contributed by atoms with Gasteiger partial charge in [0.2, 0.25) is 0 Å². The lowest BCUT2D eigenvalue weighted by Gasteiger charge is -2.26. The molecule has 2 aromatic carbocycles. The summed E-state index contributed by atoms with van der Waals surface area (Å²) in [5, 5.41) is 2.86. The van der Waals surface area contributed by atoms with Gasteiger partial charge in [0.25, 0.3) is 0 Å². The van der Waals surface area contributed by atoms with Crippen molar-refractivity contribution in [3.8, 4) is 12.3 Å². The molecule has 0 spiro atoms. The molecule has 1 N–H and O–H groups in total. The lowest BCUT2D eigenvalue weighted by molar-refractivity contribution is 0.129. The molecule has 0 atom stereocenters. The van der Waals surface area contributed by atoms with Crippen molar-refractivity contribution in [1.82, 2.24) is 5.32 Å². The molecular weight excluding hydrogens is 274 g/mol. The lowest BCUT2D eigenvalue weighted by Crippen LogP contribution is -2.41. The van der Waals surface area contributed by atoms with Crippen LogP contribution in [0.4, 0.5) is 4.79 Å². The largest absolute Gasteiger partial charge is 0.445 e. The number of ether oxygens (including phenoxy) is 1. The first-order valence-electron chi connectivity index (χ1n) is 7.07. The molecule has 0 saturated carbocycles. The Balaban J connectivity index is 1.98. The van der Waals surface area contributed by atoms with E-state index in [1.165, 1.54) is 0 Å². The van der Waals surface area contributed by atoms with Crippen molar-refractivity contribution >= 4 is 6.09 Å². The van der Waals surface area contributed by atoms with Crippen molar-refractivity contribution in [1.29, 1.82) is 0 Å². The molecule has 0 aromatic heterocycles. The fourth-order valence-corrected chi connectivity index (χ4v) is 2.08. The van der Waals surface area contributed by atoms with Crippen molar-refractivity contribution in [2.75, 3.05) is 0 Å². The van der Waals surface area contributed by atoms with Crippen LogP contribution in [0.25, 0.3) is 0 Å². The number of carbonyl (C=O) groups is 1. The molecule has 0 aliphatic heterocycles. The van der Waals surface area contributed by atoms with Gasteiger partial charge in [-0.1, -0.05) is 48.4 Å². The maximum absolute atomic E-state index is 12.0. The highest BCUT2D eigenvalue weighted by Gasteiger charge is 2.23. The molecule has 0 bridgehead atoms. The average Bonchev–Trinajstić information content (AvgIpc) is 2.53. The normalized spacial score (nSPS) is 10.6. The highest BCUT2D eigenvalue weighted by atomic mass is 16.5. The van der Waals surface area contributed by atoms with Crippen LogP contribution in [-0.2, 0) is 16.9 Å². The second-order valence-corrected chi connectivity index (χ2v) is 5.54. The van der Waals surface area contributed by atoms with Gasteiger partial charge in [-0.15, -0.1) is 6.42 Å². The average molecular weight is 293 g/mol. The van der Waals surface area contributed by atoms with Gasteiger partial charge in [-0.05, 0) is 37.1 Å². The minimum atomic E-state index is -0.569. The zero-order valence-corrected chi connectivity index (χ0v) is 12.8.